The highest BCUT2D eigenvalue weighted by atomic mass is 16.6. The first-order valence-electron chi connectivity index (χ1n) is 11.4. The molecule has 1 atom stereocenters. The van der Waals surface area contributed by atoms with Crippen LogP contribution < -0.4 is 15.6 Å². The molecule has 0 aliphatic rings. The van der Waals surface area contributed by atoms with Crippen LogP contribution in [0.3, 0.4) is 0 Å². The number of benzene rings is 1. The second-order valence-corrected chi connectivity index (χ2v) is 10.1. The average Bonchev–Trinajstić information content (AvgIpc) is 2.68. The highest BCUT2D eigenvalue weighted by Gasteiger charge is 2.21. The minimum atomic E-state index is -0.566. The molecular formula is C26H35N3O4. The van der Waals surface area contributed by atoms with Crippen molar-refractivity contribution in [2.75, 3.05) is 6.61 Å². The molecule has 3 rings (SSSR count). The van der Waals surface area contributed by atoms with E-state index in [-0.39, 0.29) is 11.6 Å². The average molecular weight is 454 g/mol. The van der Waals surface area contributed by atoms with Gasteiger partial charge >= 0.3 is 6.09 Å². The molecule has 7 heteroatoms. The van der Waals surface area contributed by atoms with Gasteiger partial charge in [-0.1, -0.05) is 13.8 Å². The summed E-state index contributed by atoms with van der Waals surface area (Å²) in [6.07, 6.45) is 2.03. The summed E-state index contributed by atoms with van der Waals surface area (Å²) in [5.41, 5.74) is 1.82. The molecule has 3 aromatic rings. The predicted molar refractivity (Wildman–Crippen MR) is 132 cm³/mol. The number of carbonyl (C=O) groups is 1. The van der Waals surface area contributed by atoms with Gasteiger partial charge in [-0.25, -0.2) is 4.79 Å². The van der Waals surface area contributed by atoms with E-state index in [9.17, 15) is 9.59 Å². The summed E-state index contributed by atoms with van der Waals surface area (Å²) < 4.78 is 13.2. The molecule has 0 aliphatic carbocycles. The van der Waals surface area contributed by atoms with E-state index in [2.05, 4.69) is 24.1 Å². The van der Waals surface area contributed by atoms with E-state index in [1.807, 2.05) is 52.8 Å². The standard InChI is InChI=1S/C26H35N3O4/c1-15(2)11-18(28-25(31)33-26(5,6)7)14-32-22-13-21-20(12-16(22)3)19-9-10-27-17(4)23(19)24(30)29(21)8/h9-10,12-13,15,18H,11,14H2,1-8H3,(H,28,31). The van der Waals surface area contributed by atoms with Gasteiger partial charge in [0.25, 0.3) is 5.56 Å². The number of hydrogen-bond donors (Lipinski definition) is 1. The number of carbonyl (C=O) groups excluding carboxylic acids is 1. The van der Waals surface area contributed by atoms with Crippen LogP contribution in [0.25, 0.3) is 21.7 Å². The third-order valence-electron chi connectivity index (χ3n) is 5.52. The third kappa shape index (κ3) is 5.64. The van der Waals surface area contributed by atoms with Crippen LogP contribution in [0.1, 0.15) is 52.3 Å². The number of rotatable bonds is 6. The lowest BCUT2D eigenvalue weighted by Gasteiger charge is -2.25. The van der Waals surface area contributed by atoms with Gasteiger partial charge in [-0.3, -0.25) is 9.78 Å². The van der Waals surface area contributed by atoms with E-state index in [1.54, 1.807) is 17.8 Å². The van der Waals surface area contributed by atoms with Crippen LogP contribution in [-0.2, 0) is 11.8 Å². The lowest BCUT2D eigenvalue weighted by atomic mass is 10.0. The number of hydrogen-bond acceptors (Lipinski definition) is 5. The molecule has 0 radical (unpaired) electrons. The molecule has 178 valence electrons. The molecule has 1 amide bonds. The highest BCUT2D eigenvalue weighted by molar-refractivity contribution is 6.06. The minimum Gasteiger partial charge on any atom is -0.491 e. The number of aryl methyl sites for hydroxylation is 3. The monoisotopic (exact) mass is 453 g/mol. The Hall–Kier alpha value is -3.09. The zero-order chi connectivity index (χ0) is 24.5. The predicted octanol–water partition coefficient (Wildman–Crippen LogP) is 5.02. The van der Waals surface area contributed by atoms with Crippen molar-refractivity contribution in [3.8, 4) is 5.75 Å². The van der Waals surface area contributed by atoms with Crippen molar-refractivity contribution in [3.05, 3.63) is 46.0 Å². The van der Waals surface area contributed by atoms with Crippen molar-refractivity contribution >= 4 is 27.8 Å². The van der Waals surface area contributed by atoms with Crippen LogP contribution in [0.5, 0.6) is 5.75 Å². The summed E-state index contributed by atoms with van der Waals surface area (Å²) in [5.74, 6) is 1.05. The number of amides is 1. The van der Waals surface area contributed by atoms with E-state index < -0.39 is 11.7 Å². The largest absolute Gasteiger partial charge is 0.491 e. The second kappa shape index (κ2) is 9.41. The molecule has 0 bridgehead atoms. The molecule has 1 N–H and O–H groups in total. The maximum Gasteiger partial charge on any atom is 0.407 e. The molecule has 2 heterocycles. The lowest BCUT2D eigenvalue weighted by molar-refractivity contribution is 0.0480. The Morgan fingerprint density at radius 3 is 2.52 bits per heavy atom. The summed E-state index contributed by atoms with van der Waals surface area (Å²) in [6.45, 7) is 13.9. The molecule has 0 fully saturated rings. The van der Waals surface area contributed by atoms with Crippen LogP contribution in [0, 0.1) is 19.8 Å². The first-order chi connectivity index (χ1) is 15.4. The number of ether oxygens (including phenoxy) is 2. The first kappa shape index (κ1) is 24.6. The first-order valence-corrected chi connectivity index (χ1v) is 11.4. The summed E-state index contributed by atoms with van der Waals surface area (Å²) in [7, 11) is 1.77. The van der Waals surface area contributed by atoms with Crippen LogP contribution in [0.15, 0.2) is 29.2 Å². The van der Waals surface area contributed by atoms with Gasteiger partial charge < -0.3 is 19.4 Å². The highest BCUT2D eigenvalue weighted by Crippen LogP contribution is 2.30. The van der Waals surface area contributed by atoms with Gasteiger partial charge in [-0.15, -0.1) is 0 Å². The topological polar surface area (TPSA) is 82.5 Å². The normalized spacial score (nSPS) is 12.9. The maximum atomic E-state index is 13.0. The second-order valence-electron chi connectivity index (χ2n) is 10.1. The Balaban J connectivity index is 1.92. The van der Waals surface area contributed by atoms with Gasteiger partial charge in [0.05, 0.1) is 22.6 Å². The molecule has 33 heavy (non-hydrogen) atoms. The van der Waals surface area contributed by atoms with E-state index in [4.69, 9.17) is 9.47 Å². The zero-order valence-corrected chi connectivity index (χ0v) is 20.9. The summed E-state index contributed by atoms with van der Waals surface area (Å²) in [5, 5.41) is 5.44. The molecule has 1 unspecified atom stereocenters. The van der Waals surface area contributed by atoms with Crippen LogP contribution in [0.4, 0.5) is 4.79 Å². The number of aromatic nitrogens is 2. The van der Waals surface area contributed by atoms with Gasteiger partial charge in [0.15, 0.2) is 0 Å². The molecule has 0 spiro atoms. The number of fused-ring (bicyclic) bond motifs is 3. The maximum absolute atomic E-state index is 13.0. The summed E-state index contributed by atoms with van der Waals surface area (Å²) >= 11 is 0. The van der Waals surface area contributed by atoms with Crippen molar-refractivity contribution in [1.29, 1.82) is 0 Å². The summed E-state index contributed by atoms with van der Waals surface area (Å²) in [4.78, 5) is 29.6. The van der Waals surface area contributed by atoms with Gasteiger partial charge in [-0.2, -0.15) is 0 Å². The SMILES string of the molecule is Cc1cc2c3ccnc(C)c3c(=O)n(C)c2cc1OCC(CC(C)C)NC(=O)OC(C)(C)C. The molecule has 0 aliphatic heterocycles. The van der Waals surface area contributed by atoms with Crippen LogP contribution >= 0.6 is 0 Å². The van der Waals surface area contributed by atoms with E-state index in [1.165, 1.54) is 0 Å². The Kier molecular flexibility index (Phi) is 7.00. The van der Waals surface area contributed by atoms with Crippen molar-refractivity contribution in [2.45, 2.75) is 66.5 Å². The lowest BCUT2D eigenvalue weighted by Crippen LogP contribution is -2.42. The van der Waals surface area contributed by atoms with Gasteiger partial charge in [-0.05, 0) is 70.0 Å². The van der Waals surface area contributed by atoms with Crippen molar-refractivity contribution < 1.29 is 14.3 Å². The summed E-state index contributed by atoms with van der Waals surface area (Å²) in [6, 6.07) is 5.63. The fraction of sp³-hybridized carbons (Fsp3) is 0.500. The Bertz CT molecular complexity index is 1240. The van der Waals surface area contributed by atoms with Crippen LogP contribution in [-0.4, -0.2) is 33.9 Å². The molecule has 1 aromatic carbocycles. The molecule has 0 saturated heterocycles. The fourth-order valence-corrected chi connectivity index (χ4v) is 4.07. The Morgan fingerprint density at radius 2 is 1.88 bits per heavy atom. The fourth-order valence-electron chi connectivity index (χ4n) is 4.07. The van der Waals surface area contributed by atoms with Gasteiger partial charge in [0.2, 0.25) is 0 Å². The number of alkyl carbamates (subject to hydrolysis) is 1. The van der Waals surface area contributed by atoms with Crippen molar-refractivity contribution in [3.63, 3.8) is 0 Å². The van der Waals surface area contributed by atoms with Crippen molar-refractivity contribution in [1.82, 2.24) is 14.9 Å². The number of pyridine rings is 2. The zero-order valence-electron chi connectivity index (χ0n) is 20.9. The van der Waals surface area contributed by atoms with E-state index >= 15 is 0 Å². The van der Waals surface area contributed by atoms with E-state index in [0.29, 0.717) is 23.7 Å². The Labute approximate surface area is 195 Å². The van der Waals surface area contributed by atoms with Gasteiger partial charge in [0, 0.05) is 24.7 Å². The van der Waals surface area contributed by atoms with Crippen molar-refractivity contribution in [2.24, 2.45) is 13.0 Å². The van der Waals surface area contributed by atoms with Crippen LogP contribution in [0.2, 0.25) is 0 Å². The smallest absolute Gasteiger partial charge is 0.407 e. The third-order valence-corrected chi connectivity index (χ3v) is 5.52. The molecular weight excluding hydrogens is 418 g/mol. The number of nitrogens with zero attached hydrogens (tertiary/aromatic N) is 2. The van der Waals surface area contributed by atoms with Gasteiger partial charge in [0.1, 0.15) is 18.0 Å². The Morgan fingerprint density at radius 1 is 1.18 bits per heavy atom. The molecule has 7 nitrogen and oxygen atoms in total. The molecule has 0 saturated carbocycles. The van der Waals surface area contributed by atoms with E-state index in [0.717, 1.165) is 34.0 Å². The molecule has 2 aromatic heterocycles. The quantitative estimate of drug-likeness (QED) is 0.530. The number of nitrogens with one attached hydrogen (secondary N) is 1. The minimum absolute atomic E-state index is 0.0813.